The monoisotopic (exact) mass is 338 g/mol. The van der Waals surface area contributed by atoms with Crippen molar-refractivity contribution in [1.82, 2.24) is 20.5 Å². The predicted octanol–water partition coefficient (Wildman–Crippen LogP) is 3.28. The van der Waals surface area contributed by atoms with Crippen molar-refractivity contribution in [2.45, 2.75) is 31.8 Å². The molecule has 0 bridgehead atoms. The lowest BCUT2D eigenvalue weighted by molar-refractivity contribution is 0.219. The minimum atomic E-state index is -0.142. The molecule has 2 amide bonds. The minimum absolute atomic E-state index is 0.0735. The number of carbonyl (C=O) groups excluding carboxylic acids is 1. The van der Waals surface area contributed by atoms with Crippen LogP contribution < -0.4 is 10.6 Å². The molecule has 2 aromatic rings. The van der Waals surface area contributed by atoms with Gasteiger partial charge in [0.25, 0.3) is 0 Å². The van der Waals surface area contributed by atoms with E-state index in [-0.39, 0.29) is 18.1 Å². The summed E-state index contributed by atoms with van der Waals surface area (Å²) in [5.41, 5.74) is 2.25. The van der Waals surface area contributed by atoms with Crippen LogP contribution in [0.15, 0.2) is 54.9 Å². The molecule has 2 N–H and O–H groups in total. The second kappa shape index (κ2) is 8.62. The number of urea groups is 1. The summed E-state index contributed by atoms with van der Waals surface area (Å²) in [7, 11) is 0. The first-order valence-electron chi connectivity index (χ1n) is 8.97. The SMILES string of the molecule is C[C@H](NC(=O)NC[C@H](c1ccccc1)N1CCCC1)c1cccnc1. The van der Waals surface area contributed by atoms with Crippen molar-refractivity contribution in [2.75, 3.05) is 19.6 Å². The van der Waals surface area contributed by atoms with Crippen LogP contribution in [0.1, 0.15) is 43.0 Å². The number of benzene rings is 1. The smallest absolute Gasteiger partial charge is 0.315 e. The number of hydrogen-bond donors (Lipinski definition) is 2. The summed E-state index contributed by atoms with van der Waals surface area (Å²) in [6.45, 7) is 4.76. The van der Waals surface area contributed by atoms with Gasteiger partial charge < -0.3 is 10.6 Å². The van der Waals surface area contributed by atoms with Crippen LogP contribution in [0.25, 0.3) is 0 Å². The van der Waals surface area contributed by atoms with E-state index in [1.165, 1.54) is 18.4 Å². The molecular weight excluding hydrogens is 312 g/mol. The summed E-state index contributed by atoms with van der Waals surface area (Å²) >= 11 is 0. The molecule has 132 valence electrons. The van der Waals surface area contributed by atoms with Crippen LogP contribution in [0.3, 0.4) is 0 Å². The van der Waals surface area contributed by atoms with Crippen LogP contribution in [0.4, 0.5) is 4.79 Å². The van der Waals surface area contributed by atoms with Crippen molar-refractivity contribution < 1.29 is 4.79 Å². The van der Waals surface area contributed by atoms with Gasteiger partial charge >= 0.3 is 6.03 Å². The Bertz CT molecular complexity index is 656. The molecule has 1 fully saturated rings. The largest absolute Gasteiger partial charge is 0.336 e. The third-order valence-electron chi connectivity index (χ3n) is 4.75. The first-order chi connectivity index (χ1) is 12.2. The highest BCUT2D eigenvalue weighted by Gasteiger charge is 2.24. The lowest BCUT2D eigenvalue weighted by Crippen LogP contribution is -2.42. The Balaban J connectivity index is 1.58. The quantitative estimate of drug-likeness (QED) is 0.850. The highest BCUT2D eigenvalue weighted by atomic mass is 16.2. The lowest BCUT2D eigenvalue weighted by Gasteiger charge is -2.28. The Morgan fingerprint density at radius 3 is 2.52 bits per heavy atom. The van der Waals surface area contributed by atoms with E-state index in [0.717, 1.165) is 18.7 Å². The Kier molecular flexibility index (Phi) is 6.01. The van der Waals surface area contributed by atoms with E-state index in [4.69, 9.17) is 0 Å². The maximum atomic E-state index is 12.3. The number of rotatable bonds is 6. The number of amides is 2. The molecule has 0 unspecified atom stereocenters. The molecule has 1 aliphatic heterocycles. The first-order valence-corrected chi connectivity index (χ1v) is 8.97. The fourth-order valence-corrected chi connectivity index (χ4v) is 3.34. The summed E-state index contributed by atoms with van der Waals surface area (Å²) in [6, 6.07) is 14.3. The summed E-state index contributed by atoms with van der Waals surface area (Å²) < 4.78 is 0. The van der Waals surface area contributed by atoms with Crippen LogP contribution in [-0.4, -0.2) is 35.5 Å². The molecule has 3 rings (SSSR count). The maximum absolute atomic E-state index is 12.3. The minimum Gasteiger partial charge on any atom is -0.336 e. The standard InChI is InChI=1S/C20H26N4O/c1-16(18-10-7-11-21-14-18)23-20(25)22-15-19(24-12-5-6-13-24)17-8-3-2-4-9-17/h2-4,7-11,14,16,19H,5-6,12-13,15H2,1H3,(H2,22,23,25)/t16-,19+/m0/s1. The third kappa shape index (κ3) is 4.79. The maximum Gasteiger partial charge on any atom is 0.315 e. The number of nitrogens with zero attached hydrogens (tertiary/aromatic N) is 2. The summed E-state index contributed by atoms with van der Waals surface area (Å²) in [4.78, 5) is 18.9. The Morgan fingerprint density at radius 1 is 1.12 bits per heavy atom. The van der Waals surface area contributed by atoms with E-state index >= 15 is 0 Å². The van der Waals surface area contributed by atoms with Crippen LogP contribution in [0.5, 0.6) is 0 Å². The van der Waals surface area contributed by atoms with Gasteiger partial charge in [-0.2, -0.15) is 0 Å². The van der Waals surface area contributed by atoms with E-state index in [0.29, 0.717) is 6.54 Å². The van der Waals surface area contributed by atoms with Gasteiger partial charge in [-0.15, -0.1) is 0 Å². The van der Waals surface area contributed by atoms with Crippen molar-refractivity contribution in [3.63, 3.8) is 0 Å². The number of carbonyl (C=O) groups is 1. The van der Waals surface area contributed by atoms with Gasteiger partial charge in [-0.3, -0.25) is 9.88 Å². The van der Waals surface area contributed by atoms with E-state index in [1.807, 2.05) is 25.1 Å². The van der Waals surface area contributed by atoms with Crippen molar-refractivity contribution in [3.8, 4) is 0 Å². The molecule has 1 saturated heterocycles. The molecule has 0 radical (unpaired) electrons. The lowest BCUT2D eigenvalue weighted by atomic mass is 10.1. The van der Waals surface area contributed by atoms with Crippen molar-refractivity contribution in [1.29, 1.82) is 0 Å². The number of hydrogen-bond acceptors (Lipinski definition) is 3. The summed E-state index contributed by atoms with van der Waals surface area (Å²) in [5, 5.41) is 6.03. The van der Waals surface area contributed by atoms with Gasteiger partial charge in [0.05, 0.1) is 12.1 Å². The van der Waals surface area contributed by atoms with Gasteiger partial charge in [0, 0.05) is 18.9 Å². The summed E-state index contributed by atoms with van der Waals surface area (Å²) in [5.74, 6) is 0. The highest BCUT2D eigenvalue weighted by molar-refractivity contribution is 5.74. The van der Waals surface area contributed by atoms with Crippen LogP contribution in [-0.2, 0) is 0 Å². The zero-order valence-corrected chi connectivity index (χ0v) is 14.7. The van der Waals surface area contributed by atoms with Gasteiger partial charge in [-0.25, -0.2) is 4.79 Å². The predicted molar refractivity (Wildman–Crippen MR) is 99.2 cm³/mol. The Morgan fingerprint density at radius 2 is 1.84 bits per heavy atom. The molecule has 5 heteroatoms. The summed E-state index contributed by atoms with van der Waals surface area (Å²) in [6.07, 6.45) is 5.97. The average molecular weight is 338 g/mol. The second-order valence-electron chi connectivity index (χ2n) is 6.53. The molecule has 5 nitrogen and oxygen atoms in total. The van der Waals surface area contributed by atoms with E-state index in [9.17, 15) is 4.79 Å². The van der Waals surface area contributed by atoms with Crippen molar-refractivity contribution in [3.05, 3.63) is 66.0 Å². The number of aromatic nitrogens is 1. The van der Waals surface area contributed by atoms with Gasteiger partial charge in [0.15, 0.2) is 0 Å². The van der Waals surface area contributed by atoms with Gasteiger partial charge in [-0.1, -0.05) is 36.4 Å². The van der Waals surface area contributed by atoms with Crippen LogP contribution in [0.2, 0.25) is 0 Å². The van der Waals surface area contributed by atoms with Gasteiger partial charge in [-0.05, 0) is 50.0 Å². The molecule has 0 spiro atoms. The first kappa shape index (κ1) is 17.4. The topological polar surface area (TPSA) is 57.3 Å². The molecule has 1 aromatic carbocycles. The molecule has 0 saturated carbocycles. The van der Waals surface area contributed by atoms with E-state index < -0.39 is 0 Å². The van der Waals surface area contributed by atoms with Gasteiger partial charge in [0.2, 0.25) is 0 Å². The fraction of sp³-hybridized carbons (Fsp3) is 0.400. The molecule has 25 heavy (non-hydrogen) atoms. The molecule has 0 aliphatic carbocycles. The zero-order chi connectivity index (χ0) is 17.5. The Labute approximate surface area is 149 Å². The van der Waals surface area contributed by atoms with Crippen molar-refractivity contribution in [2.24, 2.45) is 0 Å². The number of likely N-dealkylation sites (tertiary alicyclic amines) is 1. The molecule has 2 heterocycles. The molecule has 1 aliphatic rings. The molecule has 2 atom stereocenters. The molecule has 1 aromatic heterocycles. The number of pyridine rings is 1. The third-order valence-corrected chi connectivity index (χ3v) is 4.75. The van der Waals surface area contributed by atoms with Crippen LogP contribution >= 0.6 is 0 Å². The van der Waals surface area contributed by atoms with Gasteiger partial charge in [0.1, 0.15) is 0 Å². The average Bonchev–Trinajstić information content (AvgIpc) is 3.18. The normalized spacial score (nSPS) is 17.0. The Hall–Kier alpha value is -2.40. The molecular formula is C20H26N4O. The zero-order valence-electron chi connectivity index (χ0n) is 14.7. The fourth-order valence-electron chi connectivity index (χ4n) is 3.34. The van der Waals surface area contributed by atoms with Crippen molar-refractivity contribution >= 4 is 6.03 Å². The second-order valence-corrected chi connectivity index (χ2v) is 6.53. The number of nitrogens with one attached hydrogen (secondary N) is 2. The van der Waals surface area contributed by atoms with Crippen LogP contribution in [0, 0.1) is 0 Å². The van der Waals surface area contributed by atoms with E-state index in [2.05, 4.69) is 44.8 Å². The highest BCUT2D eigenvalue weighted by Crippen LogP contribution is 2.24. The van der Waals surface area contributed by atoms with E-state index in [1.54, 1.807) is 12.4 Å².